The molecule has 0 bridgehead atoms. The van der Waals surface area contributed by atoms with Gasteiger partial charge in [-0.1, -0.05) is 29.3 Å². The maximum absolute atomic E-state index is 12.8. The number of phenols is 1. The van der Waals surface area contributed by atoms with E-state index in [2.05, 4.69) is 5.32 Å². The van der Waals surface area contributed by atoms with Gasteiger partial charge in [0, 0.05) is 10.6 Å². The summed E-state index contributed by atoms with van der Waals surface area (Å²) in [7, 11) is 0. The Bertz CT molecular complexity index is 941. The van der Waals surface area contributed by atoms with Crippen LogP contribution in [0.5, 0.6) is 5.75 Å². The van der Waals surface area contributed by atoms with Crippen molar-refractivity contribution in [2.75, 3.05) is 4.90 Å². The summed E-state index contributed by atoms with van der Waals surface area (Å²) in [5.41, 5.74) is 3.44. The third kappa shape index (κ3) is 3.35. The van der Waals surface area contributed by atoms with Gasteiger partial charge < -0.3 is 10.4 Å². The van der Waals surface area contributed by atoms with Crippen molar-refractivity contribution in [2.45, 2.75) is 13.8 Å². The minimum absolute atomic E-state index is 0.110. The monoisotopic (exact) mass is 392 g/mol. The Kier molecular flexibility index (Phi) is 4.73. The number of carbonyl (C=O) groups is 1. The minimum atomic E-state index is -0.316. The minimum Gasteiger partial charge on any atom is -0.506 e. The van der Waals surface area contributed by atoms with Crippen LogP contribution in [0.15, 0.2) is 36.0 Å². The van der Waals surface area contributed by atoms with Crippen molar-refractivity contribution in [2.24, 2.45) is 0 Å². The fraction of sp³-hybridized carbons (Fsp3) is 0.111. The number of aryl methyl sites for hydroxylation is 2. The lowest BCUT2D eigenvalue weighted by molar-refractivity contribution is -0.113. The van der Waals surface area contributed by atoms with Crippen molar-refractivity contribution >= 4 is 58.2 Å². The van der Waals surface area contributed by atoms with Crippen LogP contribution in [0.4, 0.5) is 5.69 Å². The highest BCUT2D eigenvalue weighted by atomic mass is 35.5. The molecule has 0 spiro atoms. The van der Waals surface area contributed by atoms with E-state index in [1.807, 2.05) is 32.0 Å². The fourth-order valence-electron chi connectivity index (χ4n) is 2.49. The molecule has 2 aromatic carbocycles. The molecule has 128 valence electrons. The van der Waals surface area contributed by atoms with Gasteiger partial charge in [-0.05, 0) is 67.5 Å². The van der Waals surface area contributed by atoms with Crippen molar-refractivity contribution in [3.8, 4) is 5.75 Å². The summed E-state index contributed by atoms with van der Waals surface area (Å²) >= 11 is 17.2. The molecule has 2 N–H and O–H groups in total. The first-order chi connectivity index (χ1) is 11.8. The van der Waals surface area contributed by atoms with Gasteiger partial charge in [0.2, 0.25) is 0 Å². The Hall–Kier alpha value is -2.08. The van der Waals surface area contributed by atoms with Crippen molar-refractivity contribution in [1.29, 1.82) is 0 Å². The number of rotatable bonds is 2. The predicted molar refractivity (Wildman–Crippen MR) is 105 cm³/mol. The van der Waals surface area contributed by atoms with Gasteiger partial charge in [-0.3, -0.25) is 9.69 Å². The second kappa shape index (κ2) is 6.67. The Labute approximate surface area is 160 Å². The van der Waals surface area contributed by atoms with Gasteiger partial charge in [0.15, 0.2) is 5.11 Å². The highest BCUT2D eigenvalue weighted by Gasteiger charge is 2.32. The van der Waals surface area contributed by atoms with E-state index in [0.717, 1.165) is 11.1 Å². The number of nitrogens with one attached hydrogen (secondary N) is 1. The summed E-state index contributed by atoms with van der Waals surface area (Å²) in [6.45, 7) is 3.97. The molecular formula is C18H14Cl2N2O2S. The van der Waals surface area contributed by atoms with E-state index in [4.69, 9.17) is 35.4 Å². The van der Waals surface area contributed by atoms with E-state index >= 15 is 0 Å². The molecule has 0 atom stereocenters. The largest absolute Gasteiger partial charge is 0.506 e. The molecule has 0 unspecified atom stereocenters. The number of carbonyl (C=O) groups excluding carboxylic acids is 1. The van der Waals surface area contributed by atoms with Crippen LogP contribution in [-0.4, -0.2) is 16.1 Å². The van der Waals surface area contributed by atoms with Crippen LogP contribution in [0.1, 0.15) is 16.7 Å². The topological polar surface area (TPSA) is 52.6 Å². The molecule has 0 aliphatic carbocycles. The highest BCUT2D eigenvalue weighted by molar-refractivity contribution is 7.80. The number of hydrogen-bond acceptors (Lipinski definition) is 3. The van der Waals surface area contributed by atoms with E-state index in [9.17, 15) is 9.90 Å². The Morgan fingerprint density at radius 2 is 1.88 bits per heavy atom. The molecule has 3 rings (SSSR count). The van der Waals surface area contributed by atoms with E-state index in [1.54, 1.807) is 0 Å². The first kappa shape index (κ1) is 17.7. The maximum Gasteiger partial charge on any atom is 0.281 e. The van der Waals surface area contributed by atoms with Crippen LogP contribution in [0.2, 0.25) is 10.0 Å². The SMILES string of the molecule is Cc1ccc(N2C(=O)C(=Cc3cc(Cl)cc(Cl)c3O)NC2=S)cc1C. The van der Waals surface area contributed by atoms with Gasteiger partial charge in [-0.2, -0.15) is 0 Å². The molecule has 4 nitrogen and oxygen atoms in total. The molecule has 2 aromatic rings. The molecule has 1 saturated heterocycles. The molecule has 1 fully saturated rings. The number of benzene rings is 2. The zero-order valence-corrected chi connectivity index (χ0v) is 15.8. The quantitative estimate of drug-likeness (QED) is 0.580. The van der Waals surface area contributed by atoms with E-state index in [0.29, 0.717) is 16.3 Å². The molecule has 0 aromatic heterocycles. The summed E-state index contributed by atoms with van der Waals surface area (Å²) in [6.07, 6.45) is 1.47. The van der Waals surface area contributed by atoms with Crippen LogP contribution >= 0.6 is 35.4 Å². The third-order valence-electron chi connectivity index (χ3n) is 3.98. The molecule has 1 aliphatic rings. The molecule has 1 amide bonds. The molecule has 1 heterocycles. The van der Waals surface area contributed by atoms with Gasteiger partial charge >= 0.3 is 0 Å². The van der Waals surface area contributed by atoms with Crippen LogP contribution in [0, 0.1) is 13.8 Å². The van der Waals surface area contributed by atoms with Crippen molar-refractivity contribution in [3.63, 3.8) is 0 Å². The fourth-order valence-corrected chi connectivity index (χ4v) is 3.29. The first-order valence-electron chi connectivity index (χ1n) is 7.40. The van der Waals surface area contributed by atoms with Gasteiger partial charge in [0.25, 0.3) is 5.91 Å². The van der Waals surface area contributed by atoms with Crippen molar-refractivity contribution in [3.05, 3.63) is 62.8 Å². The smallest absolute Gasteiger partial charge is 0.281 e. The average Bonchev–Trinajstić information content (AvgIpc) is 2.81. The summed E-state index contributed by atoms with van der Waals surface area (Å²) in [6, 6.07) is 8.62. The molecular weight excluding hydrogens is 379 g/mol. The Morgan fingerprint density at radius 3 is 2.56 bits per heavy atom. The number of hydrogen-bond donors (Lipinski definition) is 2. The lowest BCUT2D eigenvalue weighted by Crippen LogP contribution is -2.30. The van der Waals surface area contributed by atoms with Crippen LogP contribution < -0.4 is 10.2 Å². The van der Waals surface area contributed by atoms with Gasteiger partial charge in [-0.25, -0.2) is 0 Å². The number of amides is 1. The zero-order valence-electron chi connectivity index (χ0n) is 13.4. The third-order valence-corrected chi connectivity index (χ3v) is 4.78. The number of nitrogens with zero attached hydrogens (tertiary/aromatic N) is 1. The van der Waals surface area contributed by atoms with Crippen molar-refractivity contribution in [1.82, 2.24) is 5.32 Å². The Morgan fingerprint density at radius 1 is 1.16 bits per heavy atom. The molecule has 0 radical (unpaired) electrons. The average molecular weight is 393 g/mol. The Balaban J connectivity index is 2.00. The number of anilines is 1. The first-order valence-corrected chi connectivity index (χ1v) is 8.56. The van der Waals surface area contributed by atoms with E-state index in [-0.39, 0.29) is 27.5 Å². The van der Waals surface area contributed by atoms with E-state index < -0.39 is 0 Å². The van der Waals surface area contributed by atoms with Crippen molar-refractivity contribution < 1.29 is 9.90 Å². The summed E-state index contributed by atoms with van der Waals surface area (Å²) in [5, 5.41) is 13.7. The zero-order chi connectivity index (χ0) is 18.3. The summed E-state index contributed by atoms with van der Waals surface area (Å²) < 4.78 is 0. The summed E-state index contributed by atoms with van der Waals surface area (Å²) in [5.74, 6) is -0.465. The van der Waals surface area contributed by atoms with Crippen LogP contribution in [0.25, 0.3) is 6.08 Å². The second-order valence-electron chi connectivity index (χ2n) is 5.72. The number of thiocarbonyl (C=S) groups is 1. The van der Waals surface area contributed by atoms with Gasteiger partial charge in [0.05, 0.1) is 10.7 Å². The number of phenolic OH excluding ortho intramolecular Hbond substituents is 1. The lowest BCUT2D eigenvalue weighted by atomic mass is 10.1. The number of aromatic hydroxyl groups is 1. The molecule has 0 saturated carbocycles. The second-order valence-corrected chi connectivity index (χ2v) is 6.95. The highest BCUT2D eigenvalue weighted by Crippen LogP contribution is 2.33. The normalized spacial score (nSPS) is 15.8. The van der Waals surface area contributed by atoms with E-state index in [1.165, 1.54) is 23.1 Å². The maximum atomic E-state index is 12.8. The molecule has 25 heavy (non-hydrogen) atoms. The van der Waals surface area contributed by atoms with Gasteiger partial charge in [0.1, 0.15) is 11.4 Å². The number of halogens is 2. The standard InChI is InChI=1S/C18H14Cl2N2O2S/c1-9-3-4-13(5-10(9)2)22-17(24)15(21-18(22)25)7-11-6-12(19)8-14(20)16(11)23/h3-8,23H,1-2H3,(H,21,25). The van der Waals surface area contributed by atoms with Gasteiger partial charge in [-0.15, -0.1) is 0 Å². The summed E-state index contributed by atoms with van der Waals surface area (Å²) in [4.78, 5) is 14.2. The lowest BCUT2D eigenvalue weighted by Gasteiger charge is -2.15. The van der Waals surface area contributed by atoms with Crippen LogP contribution in [0.3, 0.4) is 0 Å². The predicted octanol–water partition coefficient (Wildman–Crippen LogP) is 4.58. The molecule has 1 aliphatic heterocycles. The van der Waals surface area contributed by atoms with Crippen LogP contribution in [-0.2, 0) is 4.79 Å². The molecule has 7 heteroatoms.